The van der Waals surface area contributed by atoms with Crippen LogP contribution >= 0.6 is 11.3 Å². The summed E-state index contributed by atoms with van der Waals surface area (Å²) in [6, 6.07) is 3.56. The first kappa shape index (κ1) is 20.5. The first-order valence-electron chi connectivity index (χ1n) is 8.78. The molecule has 0 aromatic carbocycles. The Morgan fingerprint density at radius 2 is 1.93 bits per heavy atom. The second-order valence-corrected chi connectivity index (χ2v) is 7.64. The summed E-state index contributed by atoms with van der Waals surface area (Å²) in [5.74, 6) is -1.55. The van der Waals surface area contributed by atoms with Gasteiger partial charge in [-0.2, -0.15) is 0 Å². The number of rotatable bonds is 5. The van der Waals surface area contributed by atoms with Gasteiger partial charge in [-0.15, -0.1) is 11.3 Å². The number of nitrogens with zero attached hydrogens (tertiary/aromatic N) is 2. The number of alkyl carbamates (subject to hydrolysis) is 1. The molecule has 3 heterocycles. The molecule has 9 nitrogen and oxygen atoms in total. The van der Waals surface area contributed by atoms with Crippen molar-refractivity contribution >= 4 is 40.4 Å². The van der Waals surface area contributed by atoms with Crippen LogP contribution in [0.4, 0.5) is 4.79 Å². The molecule has 0 aliphatic rings. The van der Waals surface area contributed by atoms with Gasteiger partial charge in [0.2, 0.25) is 0 Å². The van der Waals surface area contributed by atoms with Crippen LogP contribution in [0.5, 0.6) is 0 Å². The van der Waals surface area contributed by atoms with E-state index in [1.165, 1.54) is 0 Å². The van der Waals surface area contributed by atoms with E-state index in [-0.39, 0.29) is 17.9 Å². The van der Waals surface area contributed by atoms with Gasteiger partial charge in [0.15, 0.2) is 6.61 Å². The Labute approximate surface area is 170 Å². The van der Waals surface area contributed by atoms with Crippen molar-refractivity contribution in [3.63, 3.8) is 0 Å². The summed E-state index contributed by atoms with van der Waals surface area (Å²) in [4.78, 5) is 42.3. The van der Waals surface area contributed by atoms with Gasteiger partial charge in [-0.1, -0.05) is 5.16 Å². The van der Waals surface area contributed by atoms with Crippen molar-refractivity contribution in [3.8, 4) is 11.3 Å². The molecule has 0 saturated carbocycles. The van der Waals surface area contributed by atoms with Crippen molar-refractivity contribution in [1.82, 2.24) is 15.5 Å². The highest BCUT2D eigenvalue weighted by atomic mass is 32.1. The molecule has 3 rings (SSSR count). The SMILES string of the molecule is CCOC(=O)NC(=O)COC(=O)c1cc(-c2cc(C)sc2C)nc2onc(C)c12. The summed E-state index contributed by atoms with van der Waals surface area (Å²) in [5.41, 5.74) is 2.26. The number of aryl methyl sites for hydroxylation is 3. The quantitative estimate of drug-likeness (QED) is 0.628. The average molecular weight is 417 g/mol. The van der Waals surface area contributed by atoms with E-state index in [1.54, 1.807) is 31.3 Å². The number of pyridine rings is 1. The third-order valence-corrected chi connectivity index (χ3v) is 4.97. The number of carbonyl (C=O) groups is 3. The van der Waals surface area contributed by atoms with E-state index < -0.39 is 24.6 Å². The topological polar surface area (TPSA) is 121 Å². The summed E-state index contributed by atoms with van der Waals surface area (Å²) in [6.07, 6.45) is -0.902. The number of amides is 2. The van der Waals surface area contributed by atoms with Crippen molar-refractivity contribution in [2.45, 2.75) is 27.7 Å². The molecule has 0 saturated heterocycles. The van der Waals surface area contributed by atoms with Crippen molar-refractivity contribution < 1.29 is 28.4 Å². The van der Waals surface area contributed by atoms with E-state index in [4.69, 9.17) is 9.26 Å². The highest BCUT2D eigenvalue weighted by Gasteiger charge is 2.22. The van der Waals surface area contributed by atoms with E-state index in [0.717, 1.165) is 15.3 Å². The molecule has 3 aromatic rings. The fourth-order valence-electron chi connectivity index (χ4n) is 2.80. The second kappa shape index (κ2) is 8.39. The van der Waals surface area contributed by atoms with Crippen LogP contribution in [0.1, 0.15) is 32.7 Å². The third kappa shape index (κ3) is 4.43. The van der Waals surface area contributed by atoms with Crippen LogP contribution in [-0.4, -0.2) is 41.3 Å². The average Bonchev–Trinajstić information content (AvgIpc) is 3.20. The molecule has 0 atom stereocenters. The zero-order valence-corrected chi connectivity index (χ0v) is 17.1. The van der Waals surface area contributed by atoms with Gasteiger partial charge in [-0.05, 0) is 39.8 Å². The molecule has 3 aromatic heterocycles. The number of nitrogens with one attached hydrogen (secondary N) is 1. The van der Waals surface area contributed by atoms with Crippen molar-refractivity contribution in [2.24, 2.45) is 0 Å². The molecule has 1 N–H and O–H groups in total. The lowest BCUT2D eigenvalue weighted by Crippen LogP contribution is -2.34. The Kier molecular flexibility index (Phi) is 5.92. The van der Waals surface area contributed by atoms with Gasteiger partial charge in [0.05, 0.1) is 28.9 Å². The van der Waals surface area contributed by atoms with Crippen LogP contribution in [0.2, 0.25) is 0 Å². The number of hydrogen-bond acceptors (Lipinski definition) is 9. The molecular weight excluding hydrogens is 398 g/mol. The molecule has 0 bridgehead atoms. The van der Waals surface area contributed by atoms with Crippen LogP contribution in [0, 0.1) is 20.8 Å². The molecule has 0 aliphatic heterocycles. The van der Waals surface area contributed by atoms with Gasteiger partial charge in [-0.3, -0.25) is 10.1 Å². The van der Waals surface area contributed by atoms with Crippen LogP contribution in [-0.2, 0) is 14.3 Å². The second-order valence-electron chi connectivity index (χ2n) is 6.17. The minimum atomic E-state index is -0.902. The maximum atomic E-state index is 12.7. The van der Waals surface area contributed by atoms with Crippen LogP contribution in [0.25, 0.3) is 22.4 Å². The predicted molar refractivity (Wildman–Crippen MR) is 105 cm³/mol. The third-order valence-electron chi connectivity index (χ3n) is 4.01. The molecule has 0 radical (unpaired) electrons. The maximum Gasteiger partial charge on any atom is 0.413 e. The number of thiophene rings is 1. The van der Waals surface area contributed by atoms with Crippen molar-refractivity contribution in [2.75, 3.05) is 13.2 Å². The summed E-state index contributed by atoms with van der Waals surface area (Å²) in [7, 11) is 0. The lowest BCUT2D eigenvalue weighted by molar-refractivity contribution is -0.123. The first-order valence-corrected chi connectivity index (χ1v) is 9.60. The van der Waals surface area contributed by atoms with Crippen LogP contribution in [0.15, 0.2) is 16.7 Å². The molecule has 0 aliphatic carbocycles. The van der Waals surface area contributed by atoms with Gasteiger partial charge in [-0.25, -0.2) is 14.6 Å². The molecule has 2 amide bonds. The number of fused-ring (bicyclic) bond motifs is 1. The normalized spacial score (nSPS) is 10.8. The van der Waals surface area contributed by atoms with Crippen LogP contribution in [0.3, 0.4) is 0 Å². The molecule has 0 spiro atoms. The highest BCUT2D eigenvalue weighted by molar-refractivity contribution is 7.12. The summed E-state index contributed by atoms with van der Waals surface area (Å²) >= 11 is 1.61. The van der Waals surface area contributed by atoms with E-state index in [1.807, 2.05) is 25.2 Å². The monoisotopic (exact) mass is 417 g/mol. The Balaban J connectivity index is 1.88. The van der Waals surface area contributed by atoms with Gasteiger partial charge < -0.3 is 14.0 Å². The van der Waals surface area contributed by atoms with E-state index in [2.05, 4.69) is 14.9 Å². The van der Waals surface area contributed by atoms with Gasteiger partial charge in [0.25, 0.3) is 11.6 Å². The number of hydrogen-bond donors (Lipinski definition) is 1. The number of ether oxygens (including phenoxy) is 2. The zero-order chi connectivity index (χ0) is 21.1. The fraction of sp³-hybridized carbons (Fsp3) is 0.316. The zero-order valence-electron chi connectivity index (χ0n) is 16.3. The molecule has 0 fully saturated rings. The van der Waals surface area contributed by atoms with Crippen molar-refractivity contribution in [3.05, 3.63) is 33.1 Å². The first-order chi connectivity index (χ1) is 13.8. The molecule has 10 heteroatoms. The Morgan fingerprint density at radius 3 is 2.59 bits per heavy atom. The number of esters is 1. The predicted octanol–water partition coefficient (Wildman–Crippen LogP) is 3.31. The van der Waals surface area contributed by atoms with E-state index in [9.17, 15) is 14.4 Å². The maximum absolute atomic E-state index is 12.7. The van der Waals surface area contributed by atoms with Crippen LogP contribution < -0.4 is 5.32 Å². The highest BCUT2D eigenvalue weighted by Crippen LogP contribution is 2.33. The summed E-state index contributed by atoms with van der Waals surface area (Å²) in [6.45, 7) is 6.70. The Morgan fingerprint density at radius 1 is 1.17 bits per heavy atom. The molecule has 0 unspecified atom stereocenters. The fourth-order valence-corrected chi connectivity index (χ4v) is 3.74. The lowest BCUT2D eigenvalue weighted by atomic mass is 10.1. The standard InChI is InChI=1S/C19H19N3O6S/c1-5-26-19(25)21-15(23)8-27-18(24)13-7-14(12-6-9(2)29-11(12)4)20-17-16(13)10(3)22-28-17/h6-7H,5,8H2,1-4H3,(H,21,23,25). The number of carbonyl (C=O) groups excluding carboxylic acids is 3. The summed E-state index contributed by atoms with van der Waals surface area (Å²) < 4.78 is 14.9. The lowest BCUT2D eigenvalue weighted by Gasteiger charge is -2.08. The van der Waals surface area contributed by atoms with Gasteiger partial charge in [0, 0.05) is 15.3 Å². The number of aromatic nitrogens is 2. The van der Waals surface area contributed by atoms with E-state index in [0.29, 0.717) is 16.8 Å². The van der Waals surface area contributed by atoms with Gasteiger partial charge >= 0.3 is 12.1 Å². The molecular formula is C19H19N3O6S. The smallest absolute Gasteiger partial charge is 0.413 e. The molecule has 152 valence electrons. The van der Waals surface area contributed by atoms with E-state index >= 15 is 0 Å². The minimum absolute atomic E-state index is 0.116. The van der Waals surface area contributed by atoms with Crippen molar-refractivity contribution in [1.29, 1.82) is 0 Å². The molecule has 29 heavy (non-hydrogen) atoms. The number of imide groups is 1. The Hall–Kier alpha value is -3.27. The summed E-state index contributed by atoms with van der Waals surface area (Å²) in [5, 5.41) is 6.24. The minimum Gasteiger partial charge on any atom is -0.452 e. The Bertz CT molecular complexity index is 1100. The largest absolute Gasteiger partial charge is 0.452 e. The van der Waals surface area contributed by atoms with Gasteiger partial charge in [0.1, 0.15) is 0 Å².